The van der Waals surface area contributed by atoms with Gasteiger partial charge in [0.05, 0.1) is 6.10 Å². The van der Waals surface area contributed by atoms with E-state index in [1.54, 1.807) is 31.4 Å². The molecule has 2 rings (SSSR count). The second-order valence-corrected chi connectivity index (χ2v) is 4.05. The van der Waals surface area contributed by atoms with Crippen molar-refractivity contribution in [3.05, 3.63) is 29.3 Å². The lowest BCUT2D eigenvalue weighted by Gasteiger charge is -2.39. The van der Waals surface area contributed by atoms with Crippen LogP contribution in [0.15, 0.2) is 24.3 Å². The molecule has 0 bridgehead atoms. The maximum absolute atomic E-state index is 9.37. The molecule has 0 aliphatic heterocycles. The average molecular weight is 229 g/mol. The summed E-state index contributed by atoms with van der Waals surface area (Å²) in [4.78, 5) is 0. The Labute approximate surface area is 93.6 Å². The van der Waals surface area contributed by atoms with Crippen LogP contribution < -0.4 is 4.74 Å². The van der Waals surface area contributed by atoms with E-state index in [2.05, 4.69) is 0 Å². The van der Waals surface area contributed by atoms with Gasteiger partial charge in [0.25, 0.3) is 0 Å². The van der Waals surface area contributed by atoms with Crippen molar-refractivity contribution in [1.82, 2.24) is 0 Å². The highest BCUT2D eigenvalue weighted by Gasteiger charge is 2.42. The van der Waals surface area contributed by atoms with Crippen LogP contribution in [0.4, 0.5) is 0 Å². The third-order valence-electron chi connectivity index (χ3n) is 2.59. The van der Waals surface area contributed by atoms with Crippen molar-refractivity contribution < 1.29 is 14.6 Å². The SMILES string of the molecule is COC1C(O)CC1Oc1ccc(Cl)cc1. The second-order valence-electron chi connectivity index (χ2n) is 3.61. The lowest BCUT2D eigenvalue weighted by molar-refractivity contribution is -0.149. The molecule has 0 saturated heterocycles. The molecule has 1 N–H and O–H groups in total. The molecule has 15 heavy (non-hydrogen) atoms. The Bertz CT molecular complexity index is 325. The van der Waals surface area contributed by atoms with Crippen molar-refractivity contribution in [2.75, 3.05) is 7.11 Å². The standard InChI is InChI=1S/C11H13ClO3/c1-14-11-9(13)6-10(11)15-8-4-2-7(12)3-5-8/h2-5,9-11,13H,6H2,1H3. The number of halogens is 1. The number of methoxy groups -OCH3 is 1. The molecule has 0 spiro atoms. The predicted molar refractivity (Wildman–Crippen MR) is 57.3 cm³/mol. The third-order valence-corrected chi connectivity index (χ3v) is 2.84. The first kappa shape index (κ1) is 10.7. The van der Waals surface area contributed by atoms with Crippen LogP contribution in [0.3, 0.4) is 0 Å². The van der Waals surface area contributed by atoms with Crippen LogP contribution in [0, 0.1) is 0 Å². The van der Waals surface area contributed by atoms with Crippen molar-refractivity contribution in [1.29, 1.82) is 0 Å². The number of hydrogen-bond donors (Lipinski definition) is 1. The van der Waals surface area contributed by atoms with Crippen molar-refractivity contribution in [3.8, 4) is 5.75 Å². The molecule has 1 aromatic carbocycles. The van der Waals surface area contributed by atoms with Crippen LogP contribution in [0.1, 0.15) is 6.42 Å². The van der Waals surface area contributed by atoms with Crippen molar-refractivity contribution >= 4 is 11.6 Å². The summed E-state index contributed by atoms with van der Waals surface area (Å²) in [6, 6.07) is 7.15. The molecule has 1 aliphatic rings. The molecule has 1 aromatic rings. The Morgan fingerprint density at radius 2 is 2.00 bits per heavy atom. The van der Waals surface area contributed by atoms with E-state index < -0.39 is 6.10 Å². The molecule has 3 nitrogen and oxygen atoms in total. The monoisotopic (exact) mass is 228 g/mol. The Morgan fingerprint density at radius 1 is 1.33 bits per heavy atom. The molecule has 0 radical (unpaired) electrons. The molecule has 1 fully saturated rings. The summed E-state index contributed by atoms with van der Waals surface area (Å²) in [7, 11) is 1.57. The third kappa shape index (κ3) is 2.25. The van der Waals surface area contributed by atoms with E-state index in [1.165, 1.54) is 0 Å². The summed E-state index contributed by atoms with van der Waals surface area (Å²) in [5.74, 6) is 0.748. The minimum Gasteiger partial charge on any atom is -0.488 e. The molecular weight excluding hydrogens is 216 g/mol. The minimum absolute atomic E-state index is 0.0637. The molecule has 0 amide bonds. The summed E-state index contributed by atoms with van der Waals surface area (Å²) >= 11 is 5.75. The Balaban J connectivity index is 1.95. The molecule has 0 heterocycles. The first-order chi connectivity index (χ1) is 7.20. The summed E-state index contributed by atoms with van der Waals surface area (Å²) in [6.45, 7) is 0. The molecule has 82 valence electrons. The second kappa shape index (κ2) is 4.39. The van der Waals surface area contributed by atoms with Crippen molar-refractivity contribution in [3.63, 3.8) is 0 Å². The van der Waals surface area contributed by atoms with Crippen molar-refractivity contribution in [2.24, 2.45) is 0 Å². The fourth-order valence-electron chi connectivity index (χ4n) is 1.67. The van der Waals surface area contributed by atoms with E-state index in [1.807, 2.05) is 0 Å². The van der Waals surface area contributed by atoms with Gasteiger partial charge in [-0.3, -0.25) is 0 Å². The molecular formula is C11H13ClO3. The maximum atomic E-state index is 9.37. The van der Waals surface area contributed by atoms with E-state index >= 15 is 0 Å². The average Bonchev–Trinajstić information content (AvgIpc) is 2.21. The zero-order valence-corrected chi connectivity index (χ0v) is 9.15. The predicted octanol–water partition coefficient (Wildman–Crippen LogP) is 1.87. The molecule has 0 aromatic heterocycles. The van der Waals surface area contributed by atoms with Gasteiger partial charge < -0.3 is 14.6 Å². The van der Waals surface area contributed by atoms with Gasteiger partial charge in [-0.2, -0.15) is 0 Å². The van der Waals surface area contributed by atoms with E-state index in [9.17, 15) is 5.11 Å². The first-order valence-corrected chi connectivity index (χ1v) is 5.21. The topological polar surface area (TPSA) is 38.7 Å². The van der Waals surface area contributed by atoms with Gasteiger partial charge in [0.1, 0.15) is 18.0 Å². The Kier molecular flexibility index (Phi) is 3.14. The fourth-order valence-corrected chi connectivity index (χ4v) is 1.80. The number of aliphatic hydroxyl groups is 1. The van der Waals surface area contributed by atoms with Gasteiger partial charge in [-0.1, -0.05) is 11.6 Å². The first-order valence-electron chi connectivity index (χ1n) is 4.84. The van der Waals surface area contributed by atoms with Gasteiger partial charge in [0.15, 0.2) is 0 Å². The normalized spacial score (nSPS) is 29.7. The number of benzene rings is 1. The van der Waals surface area contributed by atoms with Crippen LogP contribution in [0.5, 0.6) is 5.75 Å². The van der Waals surface area contributed by atoms with E-state index in [4.69, 9.17) is 21.1 Å². The van der Waals surface area contributed by atoms with Gasteiger partial charge in [0.2, 0.25) is 0 Å². The number of rotatable bonds is 3. The van der Waals surface area contributed by atoms with Gasteiger partial charge in [0, 0.05) is 18.6 Å². The van der Waals surface area contributed by atoms with Crippen molar-refractivity contribution in [2.45, 2.75) is 24.7 Å². The Morgan fingerprint density at radius 3 is 2.53 bits per heavy atom. The largest absolute Gasteiger partial charge is 0.488 e. The lowest BCUT2D eigenvalue weighted by Crippen LogP contribution is -2.54. The van der Waals surface area contributed by atoms with Gasteiger partial charge in [-0.25, -0.2) is 0 Å². The summed E-state index contributed by atoms with van der Waals surface area (Å²) in [5.41, 5.74) is 0. The van der Waals surface area contributed by atoms with E-state index in [-0.39, 0.29) is 12.2 Å². The van der Waals surface area contributed by atoms with E-state index in [0.29, 0.717) is 11.4 Å². The molecule has 3 atom stereocenters. The maximum Gasteiger partial charge on any atom is 0.130 e. The lowest BCUT2D eigenvalue weighted by atomic mass is 9.88. The van der Waals surface area contributed by atoms with Gasteiger partial charge >= 0.3 is 0 Å². The van der Waals surface area contributed by atoms with Crippen LogP contribution in [0.2, 0.25) is 5.02 Å². The number of aliphatic hydroxyl groups excluding tert-OH is 1. The summed E-state index contributed by atoms with van der Waals surface area (Å²) in [6.07, 6.45) is -0.0830. The van der Waals surface area contributed by atoms with Gasteiger partial charge in [-0.15, -0.1) is 0 Å². The zero-order valence-electron chi connectivity index (χ0n) is 8.39. The van der Waals surface area contributed by atoms with Gasteiger partial charge in [-0.05, 0) is 24.3 Å². The smallest absolute Gasteiger partial charge is 0.130 e. The van der Waals surface area contributed by atoms with Crippen LogP contribution in [0.25, 0.3) is 0 Å². The van der Waals surface area contributed by atoms with E-state index in [0.717, 1.165) is 5.75 Å². The highest BCUT2D eigenvalue weighted by Crippen LogP contribution is 2.28. The van der Waals surface area contributed by atoms with Crippen LogP contribution >= 0.6 is 11.6 Å². The Hall–Kier alpha value is -0.770. The molecule has 1 saturated carbocycles. The van der Waals surface area contributed by atoms with Crippen LogP contribution in [-0.4, -0.2) is 30.5 Å². The summed E-state index contributed by atoms with van der Waals surface area (Å²) in [5, 5.41) is 10.1. The number of hydrogen-bond acceptors (Lipinski definition) is 3. The number of ether oxygens (including phenoxy) is 2. The molecule has 4 heteroatoms. The molecule has 1 aliphatic carbocycles. The highest BCUT2D eigenvalue weighted by molar-refractivity contribution is 6.30. The summed E-state index contributed by atoms with van der Waals surface area (Å²) < 4.78 is 10.7. The minimum atomic E-state index is -0.410. The zero-order chi connectivity index (χ0) is 10.8. The quantitative estimate of drug-likeness (QED) is 0.859. The fraction of sp³-hybridized carbons (Fsp3) is 0.455. The molecule has 3 unspecified atom stereocenters. The highest BCUT2D eigenvalue weighted by atomic mass is 35.5. The van der Waals surface area contributed by atoms with Crippen LogP contribution in [-0.2, 0) is 4.74 Å².